The lowest BCUT2D eigenvalue weighted by molar-refractivity contribution is -0.0527. The van der Waals surface area contributed by atoms with E-state index in [4.69, 9.17) is 0 Å². The van der Waals surface area contributed by atoms with Crippen molar-refractivity contribution in [2.24, 2.45) is 0 Å². The van der Waals surface area contributed by atoms with Crippen LogP contribution in [0.1, 0.15) is 0 Å². The molecule has 108 valence electrons. The first-order valence-corrected chi connectivity index (χ1v) is 6.59. The summed E-state index contributed by atoms with van der Waals surface area (Å²) in [7, 11) is -13.4. The molecule has 0 bridgehead atoms. The number of alkyl halides is 6. The van der Waals surface area contributed by atoms with Gasteiger partial charge in [-0.2, -0.15) is 26.3 Å². The van der Waals surface area contributed by atoms with E-state index < -0.39 is 41.3 Å². The van der Waals surface area contributed by atoms with Gasteiger partial charge in [0.2, 0.25) is 0 Å². The van der Waals surface area contributed by atoms with Gasteiger partial charge in [-0.25, -0.2) is 16.8 Å². The van der Waals surface area contributed by atoms with Gasteiger partial charge in [0.05, 0.1) is 0 Å². The van der Waals surface area contributed by atoms with Crippen LogP contribution in [-0.4, -0.2) is 38.1 Å². The highest BCUT2D eigenvalue weighted by Crippen LogP contribution is 2.34. The van der Waals surface area contributed by atoms with Gasteiger partial charge >= 0.3 is 31.1 Å². The van der Waals surface area contributed by atoms with E-state index in [-0.39, 0.29) is 6.08 Å². The third kappa shape index (κ3) is 2.95. The highest BCUT2D eigenvalue weighted by Gasteiger charge is 2.61. The summed E-state index contributed by atoms with van der Waals surface area (Å²) in [5, 5.41) is 0. The van der Waals surface area contributed by atoms with E-state index in [2.05, 4.69) is 6.58 Å². The number of hydrogen-bond donors (Lipinski definition) is 0. The highest BCUT2D eigenvalue weighted by atomic mass is 32.3. The average Bonchev–Trinajstić information content (AvgIpc) is 2.09. The fraction of sp³-hybridized carbons (Fsp3) is 0.600. The molecule has 0 unspecified atom stereocenters. The summed E-state index contributed by atoms with van der Waals surface area (Å²) in [6.45, 7) is 0.996. The van der Waals surface area contributed by atoms with Crippen molar-refractivity contribution in [3.63, 3.8) is 0 Å². The number of halogens is 6. The van der Waals surface area contributed by atoms with Crippen LogP contribution in [0.2, 0.25) is 0 Å². The maximum absolute atomic E-state index is 12.0. The van der Waals surface area contributed by atoms with Crippen LogP contribution < -0.4 is 0 Å². The molecule has 0 saturated heterocycles. The molecule has 0 saturated carbocycles. The zero-order valence-corrected chi connectivity index (χ0v) is 9.79. The van der Waals surface area contributed by atoms with Crippen molar-refractivity contribution in [3.05, 3.63) is 12.7 Å². The molecule has 0 N–H and O–H groups in total. The van der Waals surface area contributed by atoms with Crippen LogP contribution in [-0.2, 0) is 20.0 Å². The van der Waals surface area contributed by atoms with Crippen molar-refractivity contribution in [2.45, 2.75) is 11.0 Å². The van der Waals surface area contributed by atoms with Gasteiger partial charge in [-0.1, -0.05) is 9.79 Å². The fourth-order valence-electron chi connectivity index (χ4n) is 0.662. The fourth-order valence-corrected chi connectivity index (χ4v) is 3.27. The Bertz CT molecular complexity index is 471. The predicted octanol–water partition coefficient (Wildman–Crippen LogP) is 1.17. The predicted molar refractivity (Wildman–Crippen MR) is 46.9 cm³/mol. The molecule has 0 heterocycles. The van der Waals surface area contributed by atoms with Crippen molar-refractivity contribution < 1.29 is 43.2 Å². The van der Waals surface area contributed by atoms with E-state index >= 15 is 0 Å². The molecule has 0 aromatic rings. The Balaban J connectivity index is 6.03. The molecular weight excluding hydrogens is 316 g/mol. The molecule has 0 aromatic carbocycles. The number of hydrogen-bond acceptors (Lipinski definition) is 4. The molecule has 0 aliphatic heterocycles. The van der Waals surface area contributed by atoms with Gasteiger partial charge < -0.3 is 0 Å². The molecule has 0 aliphatic carbocycles. The molecule has 0 spiro atoms. The van der Waals surface area contributed by atoms with Crippen molar-refractivity contribution >= 4 is 20.0 Å². The lowest BCUT2D eigenvalue weighted by Crippen LogP contribution is -2.49. The van der Waals surface area contributed by atoms with Crippen LogP contribution in [0.4, 0.5) is 26.3 Å². The van der Waals surface area contributed by atoms with E-state index in [0.717, 1.165) is 0 Å². The standard InChI is InChI=1S/C5H5F6NO4S2/c1-2-3-12(17(13,14)4(6,7)8)18(15,16)5(9,10)11/h2H,1,3H2. The summed E-state index contributed by atoms with van der Waals surface area (Å²) >= 11 is 0. The molecule has 0 amide bonds. The van der Waals surface area contributed by atoms with Crippen LogP contribution in [0.5, 0.6) is 0 Å². The van der Waals surface area contributed by atoms with E-state index in [1.165, 1.54) is 0 Å². The van der Waals surface area contributed by atoms with Crippen LogP contribution in [0.25, 0.3) is 0 Å². The molecule has 0 radical (unpaired) electrons. The number of sulfonamides is 2. The summed E-state index contributed by atoms with van der Waals surface area (Å²) in [6, 6.07) is 0. The SMILES string of the molecule is C=CCN(S(=O)(=O)C(F)(F)F)S(=O)(=O)C(F)(F)F. The van der Waals surface area contributed by atoms with Gasteiger partial charge in [-0.3, -0.25) is 0 Å². The summed E-state index contributed by atoms with van der Waals surface area (Å²) < 4.78 is 113. The minimum Gasteiger partial charge on any atom is -0.202 e. The number of rotatable bonds is 4. The average molecular weight is 321 g/mol. The molecule has 0 rings (SSSR count). The van der Waals surface area contributed by atoms with Gasteiger partial charge in [0.25, 0.3) is 0 Å². The second-order valence-corrected chi connectivity index (χ2v) is 6.58. The summed E-state index contributed by atoms with van der Waals surface area (Å²) in [5.74, 6) is 0. The molecule has 0 fully saturated rings. The van der Waals surface area contributed by atoms with Gasteiger partial charge in [0.15, 0.2) is 0 Å². The first-order valence-electron chi connectivity index (χ1n) is 3.71. The maximum Gasteiger partial charge on any atom is 0.512 e. The summed E-state index contributed by atoms with van der Waals surface area (Å²) in [4.78, 5) is 0. The second kappa shape index (κ2) is 4.70. The lowest BCUT2D eigenvalue weighted by Gasteiger charge is -2.22. The molecule has 18 heavy (non-hydrogen) atoms. The van der Waals surface area contributed by atoms with Gasteiger partial charge in [0, 0.05) is 6.54 Å². The topological polar surface area (TPSA) is 71.5 Å². The molecule has 5 nitrogen and oxygen atoms in total. The minimum atomic E-state index is -6.69. The maximum atomic E-state index is 12.0. The Morgan fingerprint density at radius 3 is 1.33 bits per heavy atom. The molecule has 13 heteroatoms. The van der Waals surface area contributed by atoms with Crippen molar-refractivity contribution in [1.82, 2.24) is 3.71 Å². The van der Waals surface area contributed by atoms with Crippen molar-refractivity contribution in [1.29, 1.82) is 0 Å². The van der Waals surface area contributed by atoms with Crippen LogP contribution in [0.3, 0.4) is 0 Å². The zero-order valence-electron chi connectivity index (χ0n) is 8.16. The first-order chi connectivity index (χ1) is 7.69. The normalized spacial score (nSPS) is 14.8. The Hall–Kier alpha value is -0.820. The summed E-state index contributed by atoms with van der Waals surface area (Å²) in [6.07, 6.45) is 0.270. The Kier molecular flexibility index (Phi) is 4.48. The molecular formula is C5H5F6NO4S2. The quantitative estimate of drug-likeness (QED) is 0.576. The van der Waals surface area contributed by atoms with E-state index in [9.17, 15) is 43.2 Å². The van der Waals surface area contributed by atoms with Gasteiger partial charge in [-0.05, 0) is 0 Å². The highest BCUT2D eigenvalue weighted by molar-refractivity contribution is 8.04. The smallest absolute Gasteiger partial charge is 0.202 e. The van der Waals surface area contributed by atoms with Crippen molar-refractivity contribution in [3.8, 4) is 0 Å². The van der Waals surface area contributed by atoms with E-state index in [1.807, 2.05) is 0 Å². The zero-order chi connectivity index (χ0) is 15.0. The van der Waals surface area contributed by atoms with Crippen molar-refractivity contribution in [2.75, 3.05) is 6.54 Å². The Morgan fingerprint density at radius 1 is 0.889 bits per heavy atom. The van der Waals surface area contributed by atoms with Crippen LogP contribution in [0.15, 0.2) is 12.7 Å². The number of nitrogens with zero attached hydrogens (tertiary/aromatic N) is 1. The van der Waals surface area contributed by atoms with E-state index in [0.29, 0.717) is 0 Å². The van der Waals surface area contributed by atoms with Gasteiger partial charge in [0.1, 0.15) is 0 Å². The van der Waals surface area contributed by atoms with Crippen LogP contribution in [0, 0.1) is 0 Å². The first kappa shape index (κ1) is 17.2. The Morgan fingerprint density at radius 2 is 1.17 bits per heavy atom. The van der Waals surface area contributed by atoms with E-state index in [1.54, 1.807) is 0 Å². The molecule has 0 aromatic heterocycles. The third-order valence-electron chi connectivity index (χ3n) is 1.40. The molecule has 0 atom stereocenters. The molecule has 0 aliphatic rings. The van der Waals surface area contributed by atoms with Gasteiger partial charge in [-0.15, -0.1) is 6.58 Å². The lowest BCUT2D eigenvalue weighted by atomic mass is 10.7. The third-order valence-corrected chi connectivity index (χ3v) is 5.12. The second-order valence-electron chi connectivity index (χ2n) is 2.65. The Labute approximate surface area is 97.8 Å². The monoisotopic (exact) mass is 321 g/mol. The minimum absolute atomic E-state index is 0.270. The largest absolute Gasteiger partial charge is 0.512 e. The van der Waals surface area contributed by atoms with Crippen LogP contribution >= 0.6 is 0 Å². The summed E-state index contributed by atoms with van der Waals surface area (Å²) in [5.41, 5.74) is -12.4.